The van der Waals surface area contributed by atoms with Crippen molar-refractivity contribution in [1.29, 1.82) is 0 Å². The Bertz CT molecular complexity index is 1060. The Morgan fingerprint density at radius 3 is 2.48 bits per heavy atom. The minimum Gasteiger partial charge on any atom is -0.305 e. The molecule has 1 amide bonds. The molecule has 0 fully saturated rings. The smallest absolute Gasteiger partial charge is 0.257 e. The second kappa shape index (κ2) is 6.20. The van der Waals surface area contributed by atoms with E-state index in [1.54, 1.807) is 7.05 Å². The molecule has 0 atom stereocenters. The zero-order valence-corrected chi connectivity index (χ0v) is 13.7. The van der Waals surface area contributed by atoms with Gasteiger partial charge in [-0.3, -0.25) is 4.79 Å². The molecule has 4 aromatic rings. The van der Waals surface area contributed by atoms with Crippen LogP contribution in [0.25, 0.3) is 21.9 Å². The van der Waals surface area contributed by atoms with Crippen LogP contribution in [0.5, 0.6) is 0 Å². The fraction of sp³-hybridized carbons (Fsp3) is 0.0500. The van der Waals surface area contributed by atoms with Crippen LogP contribution in [0.4, 0.5) is 5.82 Å². The average molecular weight is 328 g/mol. The SMILES string of the molecule is Cn1nncc1NC(=O)c1ccccc1-c1cccc2ccccc12. The number of hydrogen-bond donors (Lipinski definition) is 1. The van der Waals surface area contributed by atoms with Gasteiger partial charge in [-0.2, -0.15) is 0 Å². The molecule has 0 bridgehead atoms. The Morgan fingerprint density at radius 2 is 1.64 bits per heavy atom. The lowest BCUT2D eigenvalue weighted by atomic mass is 9.94. The van der Waals surface area contributed by atoms with Gasteiger partial charge in [0.05, 0.1) is 6.20 Å². The van der Waals surface area contributed by atoms with Crippen molar-refractivity contribution in [1.82, 2.24) is 15.0 Å². The second-order valence-electron chi connectivity index (χ2n) is 5.77. The first-order chi connectivity index (χ1) is 12.2. The number of aromatic nitrogens is 3. The summed E-state index contributed by atoms with van der Waals surface area (Å²) in [6.07, 6.45) is 1.53. The highest BCUT2D eigenvalue weighted by Gasteiger charge is 2.15. The highest BCUT2D eigenvalue weighted by Crippen LogP contribution is 2.31. The molecule has 5 nitrogen and oxygen atoms in total. The van der Waals surface area contributed by atoms with Crippen LogP contribution in [0.2, 0.25) is 0 Å². The minimum absolute atomic E-state index is 0.186. The maximum Gasteiger partial charge on any atom is 0.257 e. The molecular formula is C20H16N4O. The van der Waals surface area contributed by atoms with E-state index < -0.39 is 0 Å². The van der Waals surface area contributed by atoms with Crippen molar-refractivity contribution in [2.45, 2.75) is 0 Å². The van der Waals surface area contributed by atoms with Crippen LogP contribution in [-0.2, 0) is 7.05 Å². The summed E-state index contributed by atoms with van der Waals surface area (Å²) in [4.78, 5) is 12.8. The molecular weight excluding hydrogens is 312 g/mol. The molecule has 0 aliphatic carbocycles. The number of carbonyl (C=O) groups is 1. The van der Waals surface area contributed by atoms with Crippen molar-refractivity contribution in [2.75, 3.05) is 5.32 Å². The van der Waals surface area contributed by atoms with Gasteiger partial charge in [-0.05, 0) is 28.0 Å². The first kappa shape index (κ1) is 15.1. The van der Waals surface area contributed by atoms with E-state index in [4.69, 9.17) is 0 Å². The molecule has 1 aromatic heterocycles. The Balaban J connectivity index is 1.81. The maximum atomic E-state index is 12.8. The number of aryl methyl sites for hydroxylation is 1. The lowest BCUT2D eigenvalue weighted by molar-refractivity contribution is 0.102. The van der Waals surface area contributed by atoms with Gasteiger partial charge in [-0.1, -0.05) is 65.9 Å². The van der Waals surface area contributed by atoms with E-state index >= 15 is 0 Å². The van der Waals surface area contributed by atoms with Gasteiger partial charge in [-0.25, -0.2) is 4.68 Å². The molecule has 0 saturated heterocycles. The summed E-state index contributed by atoms with van der Waals surface area (Å²) in [5.41, 5.74) is 2.54. The zero-order valence-electron chi connectivity index (χ0n) is 13.7. The minimum atomic E-state index is -0.186. The predicted molar refractivity (Wildman–Crippen MR) is 98.3 cm³/mol. The molecule has 122 valence electrons. The van der Waals surface area contributed by atoms with Gasteiger partial charge < -0.3 is 5.32 Å². The summed E-state index contributed by atoms with van der Waals surface area (Å²) in [5.74, 6) is 0.367. The number of amides is 1. The lowest BCUT2D eigenvalue weighted by Gasteiger charge is -2.12. The number of nitrogens with one attached hydrogen (secondary N) is 1. The van der Waals surface area contributed by atoms with E-state index in [2.05, 4.69) is 33.8 Å². The normalized spacial score (nSPS) is 10.8. The van der Waals surface area contributed by atoms with Crippen LogP contribution in [0.3, 0.4) is 0 Å². The highest BCUT2D eigenvalue weighted by atomic mass is 16.1. The molecule has 4 rings (SSSR count). The Kier molecular flexibility index (Phi) is 3.74. The van der Waals surface area contributed by atoms with E-state index in [0.29, 0.717) is 11.4 Å². The highest BCUT2D eigenvalue weighted by molar-refractivity contribution is 6.10. The van der Waals surface area contributed by atoms with E-state index in [-0.39, 0.29) is 5.91 Å². The largest absolute Gasteiger partial charge is 0.305 e. The van der Waals surface area contributed by atoms with Crippen LogP contribution in [0, 0.1) is 0 Å². The summed E-state index contributed by atoms with van der Waals surface area (Å²) >= 11 is 0. The predicted octanol–water partition coefficient (Wildman–Crippen LogP) is 3.89. The molecule has 3 aromatic carbocycles. The number of anilines is 1. The summed E-state index contributed by atoms with van der Waals surface area (Å²) < 4.78 is 1.53. The molecule has 0 spiro atoms. The van der Waals surface area contributed by atoms with E-state index in [1.165, 1.54) is 10.9 Å². The summed E-state index contributed by atoms with van der Waals surface area (Å²) in [6.45, 7) is 0. The third kappa shape index (κ3) is 2.76. The van der Waals surface area contributed by atoms with Crippen LogP contribution >= 0.6 is 0 Å². The van der Waals surface area contributed by atoms with Gasteiger partial charge in [0.25, 0.3) is 5.91 Å². The molecule has 0 unspecified atom stereocenters. The van der Waals surface area contributed by atoms with Gasteiger partial charge in [-0.15, -0.1) is 5.10 Å². The van der Waals surface area contributed by atoms with Gasteiger partial charge in [0, 0.05) is 12.6 Å². The van der Waals surface area contributed by atoms with Gasteiger partial charge >= 0.3 is 0 Å². The van der Waals surface area contributed by atoms with Gasteiger partial charge in [0.15, 0.2) is 5.82 Å². The maximum absolute atomic E-state index is 12.8. The average Bonchev–Trinajstić information content (AvgIpc) is 3.06. The van der Waals surface area contributed by atoms with Crippen molar-refractivity contribution in [2.24, 2.45) is 7.05 Å². The van der Waals surface area contributed by atoms with Crippen LogP contribution in [-0.4, -0.2) is 20.9 Å². The van der Waals surface area contributed by atoms with Crippen molar-refractivity contribution >= 4 is 22.5 Å². The van der Waals surface area contributed by atoms with Crippen molar-refractivity contribution < 1.29 is 4.79 Å². The number of hydrogen-bond acceptors (Lipinski definition) is 3. The van der Waals surface area contributed by atoms with E-state index in [1.807, 2.05) is 48.5 Å². The topological polar surface area (TPSA) is 59.8 Å². The third-order valence-corrected chi connectivity index (χ3v) is 4.21. The Hall–Kier alpha value is -3.47. The third-order valence-electron chi connectivity index (χ3n) is 4.21. The van der Waals surface area contributed by atoms with Gasteiger partial charge in [0.2, 0.25) is 0 Å². The number of benzene rings is 3. The molecule has 25 heavy (non-hydrogen) atoms. The second-order valence-corrected chi connectivity index (χ2v) is 5.77. The molecule has 0 radical (unpaired) electrons. The van der Waals surface area contributed by atoms with Crippen molar-refractivity contribution in [3.8, 4) is 11.1 Å². The standard InChI is InChI=1S/C20H16N4O/c1-24-19(13-21-23-24)22-20(25)18-11-5-4-10-17(18)16-12-6-8-14-7-2-3-9-15(14)16/h2-13H,1H3,(H,22,25). The first-order valence-corrected chi connectivity index (χ1v) is 7.97. The fourth-order valence-corrected chi connectivity index (χ4v) is 2.96. The number of rotatable bonds is 3. The Morgan fingerprint density at radius 1 is 0.920 bits per heavy atom. The number of carbonyl (C=O) groups excluding carboxylic acids is 1. The Labute approximate surface area is 144 Å². The van der Waals surface area contributed by atoms with Crippen molar-refractivity contribution in [3.63, 3.8) is 0 Å². The molecule has 1 N–H and O–H groups in total. The monoisotopic (exact) mass is 328 g/mol. The molecule has 0 aliphatic heterocycles. The van der Waals surface area contributed by atoms with Crippen LogP contribution < -0.4 is 5.32 Å². The zero-order chi connectivity index (χ0) is 17.2. The van der Waals surface area contributed by atoms with Crippen LogP contribution in [0.15, 0.2) is 72.9 Å². The van der Waals surface area contributed by atoms with E-state index in [0.717, 1.165) is 21.9 Å². The fourth-order valence-electron chi connectivity index (χ4n) is 2.96. The molecule has 0 saturated carbocycles. The summed E-state index contributed by atoms with van der Waals surface area (Å²) in [7, 11) is 1.74. The van der Waals surface area contributed by atoms with Crippen molar-refractivity contribution in [3.05, 3.63) is 78.5 Å². The number of fused-ring (bicyclic) bond motifs is 1. The summed E-state index contributed by atoms with van der Waals surface area (Å²) in [6, 6.07) is 21.9. The summed E-state index contributed by atoms with van der Waals surface area (Å²) in [5, 5.41) is 12.8. The first-order valence-electron chi connectivity index (χ1n) is 7.97. The number of nitrogens with zero attached hydrogens (tertiary/aromatic N) is 3. The molecule has 1 heterocycles. The van der Waals surface area contributed by atoms with E-state index in [9.17, 15) is 4.79 Å². The van der Waals surface area contributed by atoms with Gasteiger partial charge in [0.1, 0.15) is 0 Å². The molecule has 5 heteroatoms. The quantitative estimate of drug-likeness (QED) is 0.621. The van der Waals surface area contributed by atoms with Crippen LogP contribution in [0.1, 0.15) is 10.4 Å². The lowest BCUT2D eigenvalue weighted by Crippen LogP contribution is -2.15. The molecule has 0 aliphatic rings.